The number of para-hydroxylation sites is 1. The summed E-state index contributed by atoms with van der Waals surface area (Å²) in [5.41, 5.74) is 5.53. The molecule has 0 amide bonds. The molecule has 0 atom stereocenters. The molecule has 3 aromatic carbocycles. The van der Waals surface area contributed by atoms with Gasteiger partial charge in [0.05, 0.1) is 16.5 Å². The van der Waals surface area contributed by atoms with Gasteiger partial charge in [0.25, 0.3) is 0 Å². The molecule has 0 saturated carbocycles. The first-order valence-corrected chi connectivity index (χ1v) is 8.62. The highest BCUT2D eigenvalue weighted by Crippen LogP contribution is 2.32. The van der Waals surface area contributed by atoms with Gasteiger partial charge in [-0.05, 0) is 41.5 Å². The largest absolute Gasteiger partial charge is 0.464 e. The summed E-state index contributed by atoms with van der Waals surface area (Å²) < 4.78 is 6.63. The minimum absolute atomic E-state index is 0.921. The number of rotatable bonds is 2. The quantitative estimate of drug-likeness (QED) is 0.376. The van der Waals surface area contributed by atoms with Crippen molar-refractivity contribution < 1.29 is 4.42 Å². The highest BCUT2D eigenvalue weighted by Gasteiger charge is 2.07. The Balaban J connectivity index is 1.54. The van der Waals surface area contributed by atoms with Crippen LogP contribution in [0.4, 0.5) is 0 Å². The molecular weight excluding hydrogens is 314 g/mol. The Morgan fingerprint density at radius 1 is 0.750 bits per heavy atom. The first-order valence-electron chi connectivity index (χ1n) is 7.80. The Morgan fingerprint density at radius 2 is 1.54 bits per heavy atom. The Bertz CT molecular complexity index is 1100. The van der Waals surface area contributed by atoms with Crippen LogP contribution in [0.5, 0.6) is 0 Å². The van der Waals surface area contributed by atoms with Crippen molar-refractivity contribution in [3.8, 4) is 21.7 Å². The van der Waals surface area contributed by atoms with E-state index in [0.717, 1.165) is 27.1 Å². The number of hydrogen-bond donors (Lipinski definition) is 0. The lowest BCUT2D eigenvalue weighted by molar-refractivity contribution is 0.616. The lowest BCUT2D eigenvalue weighted by Crippen LogP contribution is -1.80. The van der Waals surface area contributed by atoms with E-state index < -0.39 is 0 Å². The van der Waals surface area contributed by atoms with Crippen molar-refractivity contribution in [2.45, 2.75) is 0 Å². The van der Waals surface area contributed by atoms with Gasteiger partial charge in [0.2, 0.25) is 0 Å². The van der Waals surface area contributed by atoms with Gasteiger partial charge in [-0.25, -0.2) is 4.98 Å². The van der Waals surface area contributed by atoms with Crippen LogP contribution >= 0.6 is 11.3 Å². The van der Waals surface area contributed by atoms with Crippen LogP contribution in [0.25, 0.3) is 42.9 Å². The van der Waals surface area contributed by atoms with Crippen LogP contribution in [0.1, 0.15) is 0 Å². The topological polar surface area (TPSA) is 26.0 Å². The summed E-state index contributed by atoms with van der Waals surface area (Å²) in [5.74, 6) is 0. The normalized spacial score (nSPS) is 11.3. The smallest absolute Gasteiger partial charge is 0.133 e. The van der Waals surface area contributed by atoms with Crippen LogP contribution in [-0.4, -0.2) is 4.98 Å². The molecule has 0 N–H and O–H groups in total. The van der Waals surface area contributed by atoms with Crippen LogP contribution in [-0.2, 0) is 0 Å². The van der Waals surface area contributed by atoms with Gasteiger partial charge in [-0.2, -0.15) is 0 Å². The SMILES string of the molecule is c1ccc2sc(-c3ccc(-c4ccc5occc5c4)cc3)nc2c1. The van der Waals surface area contributed by atoms with Crippen molar-refractivity contribution in [3.63, 3.8) is 0 Å². The van der Waals surface area contributed by atoms with Gasteiger partial charge in [-0.1, -0.05) is 42.5 Å². The molecule has 2 heterocycles. The number of aromatic nitrogens is 1. The number of furan rings is 1. The zero-order valence-electron chi connectivity index (χ0n) is 12.8. The summed E-state index contributed by atoms with van der Waals surface area (Å²) in [6.45, 7) is 0. The Labute approximate surface area is 143 Å². The first-order chi connectivity index (χ1) is 11.9. The van der Waals surface area contributed by atoms with E-state index >= 15 is 0 Å². The second kappa shape index (κ2) is 5.32. The predicted octanol–water partition coefficient (Wildman–Crippen LogP) is 6.38. The highest BCUT2D eigenvalue weighted by molar-refractivity contribution is 7.21. The lowest BCUT2D eigenvalue weighted by atomic mass is 10.0. The van der Waals surface area contributed by atoms with Gasteiger partial charge in [0.1, 0.15) is 10.6 Å². The molecule has 0 aliphatic carbocycles. The van der Waals surface area contributed by atoms with Crippen molar-refractivity contribution in [3.05, 3.63) is 79.1 Å². The Kier molecular flexibility index (Phi) is 3.00. The van der Waals surface area contributed by atoms with Gasteiger partial charge < -0.3 is 4.42 Å². The summed E-state index contributed by atoms with van der Waals surface area (Å²) in [4.78, 5) is 4.73. The zero-order chi connectivity index (χ0) is 15.9. The molecule has 3 heteroatoms. The molecule has 0 fully saturated rings. The summed E-state index contributed by atoms with van der Waals surface area (Å²) in [5, 5.41) is 2.19. The second-order valence-electron chi connectivity index (χ2n) is 5.74. The number of hydrogen-bond acceptors (Lipinski definition) is 3. The number of nitrogens with zero attached hydrogens (tertiary/aromatic N) is 1. The van der Waals surface area contributed by atoms with Crippen LogP contribution in [0.2, 0.25) is 0 Å². The van der Waals surface area contributed by atoms with Crippen molar-refractivity contribution in [1.29, 1.82) is 0 Å². The molecule has 0 bridgehead atoms. The zero-order valence-corrected chi connectivity index (χ0v) is 13.6. The third-order valence-electron chi connectivity index (χ3n) is 4.21. The minimum atomic E-state index is 0.921. The van der Waals surface area contributed by atoms with E-state index in [1.54, 1.807) is 17.6 Å². The molecule has 0 spiro atoms. The van der Waals surface area contributed by atoms with E-state index in [-0.39, 0.29) is 0 Å². The maximum Gasteiger partial charge on any atom is 0.133 e. The molecule has 2 nitrogen and oxygen atoms in total. The third kappa shape index (κ3) is 2.22. The molecule has 114 valence electrons. The molecule has 5 rings (SSSR count). The van der Waals surface area contributed by atoms with Gasteiger partial charge in [0, 0.05) is 10.9 Å². The average Bonchev–Trinajstić information content (AvgIpc) is 3.27. The minimum Gasteiger partial charge on any atom is -0.464 e. The van der Waals surface area contributed by atoms with Gasteiger partial charge in [0.15, 0.2) is 0 Å². The number of fused-ring (bicyclic) bond motifs is 2. The standard InChI is InChI=1S/C21H13NOS/c1-2-4-20-18(3-1)22-21(24-20)15-7-5-14(6-8-15)16-9-10-19-17(13-16)11-12-23-19/h1-13H. The van der Waals surface area contributed by atoms with E-state index in [1.165, 1.54) is 15.8 Å². The molecule has 0 saturated heterocycles. The van der Waals surface area contributed by atoms with Crippen molar-refractivity contribution in [1.82, 2.24) is 4.98 Å². The predicted molar refractivity (Wildman–Crippen MR) is 100 cm³/mol. The summed E-state index contributed by atoms with van der Waals surface area (Å²) in [7, 11) is 0. The first kappa shape index (κ1) is 13.5. The lowest BCUT2D eigenvalue weighted by Gasteiger charge is -2.03. The van der Waals surface area contributed by atoms with Crippen LogP contribution in [0, 0.1) is 0 Å². The molecule has 0 aliphatic heterocycles. The van der Waals surface area contributed by atoms with E-state index in [2.05, 4.69) is 54.6 Å². The van der Waals surface area contributed by atoms with Gasteiger partial charge in [-0.15, -0.1) is 11.3 Å². The van der Waals surface area contributed by atoms with E-state index in [0.29, 0.717) is 0 Å². The average molecular weight is 327 g/mol. The third-order valence-corrected chi connectivity index (χ3v) is 5.30. The van der Waals surface area contributed by atoms with Crippen molar-refractivity contribution in [2.24, 2.45) is 0 Å². The molecule has 5 aromatic rings. The fourth-order valence-corrected chi connectivity index (χ4v) is 3.92. The van der Waals surface area contributed by atoms with E-state index in [9.17, 15) is 0 Å². The fraction of sp³-hybridized carbons (Fsp3) is 0. The van der Waals surface area contributed by atoms with Gasteiger partial charge in [-0.3, -0.25) is 0 Å². The molecular formula is C21H13NOS. The van der Waals surface area contributed by atoms with Gasteiger partial charge >= 0.3 is 0 Å². The fourth-order valence-electron chi connectivity index (χ4n) is 2.95. The highest BCUT2D eigenvalue weighted by atomic mass is 32.1. The number of benzene rings is 3. The van der Waals surface area contributed by atoms with Crippen molar-refractivity contribution in [2.75, 3.05) is 0 Å². The van der Waals surface area contributed by atoms with Crippen LogP contribution in [0.15, 0.2) is 83.5 Å². The summed E-state index contributed by atoms with van der Waals surface area (Å²) in [6, 6.07) is 25.1. The molecule has 0 aliphatic rings. The van der Waals surface area contributed by atoms with Crippen molar-refractivity contribution >= 4 is 32.5 Å². The van der Waals surface area contributed by atoms with E-state index in [1.807, 2.05) is 18.2 Å². The summed E-state index contributed by atoms with van der Waals surface area (Å²) in [6.07, 6.45) is 1.73. The molecule has 0 unspecified atom stereocenters. The summed E-state index contributed by atoms with van der Waals surface area (Å²) >= 11 is 1.73. The van der Waals surface area contributed by atoms with E-state index in [4.69, 9.17) is 9.40 Å². The van der Waals surface area contributed by atoms with Crippen LogP contribution < -0.4 is 0 Å². The van der Waals surface area contributed by atoms with Crippen LogP contribution in [0.3, 0.4) is 0 Å². The molecule has 2 aromatic heterocycles. The Morgan fingerprint density at radius 3 is 2.42 bits per heavy atom. The molecule has 24 heavy (non-hydrogen) atoms. The second-order valence-corrected chi connectivity index (χ2v) is 6.77. The maximum absolute atomic E-state index is 5.41. The molecule has 0 radical (unpaired) electrons. The number of thiazole rings is 1. The Hall–Kier alpha value is -2.91. The maximum atomic E-state index is 5.41. The monoisotopic (exact) mass is 327 g/mol.